The Balaban J connectivity index is 0. The number of hydrogen-bond donors (Lipinski definition) is 6. The maximum atomic E-state index is 11.3. The van der Waals surface area contributed by atoms with Crippen molar-refractivity contribution in [2.45, 2.75) is 12.6 Å². The second-order valence-electron chi connectivity index (χ2n) is 3.99. The molecule has 7 N–H and O–H groups in total. The molecule has 7 nitrogen and oxygen atoms in total. The van der Waals surface area contributed by atoms with Crippen molar-refractivity contribution >= 4 is 78.1 Å². The Hall–Kier alpha value is 1.23. The van der Waals surface area contributed by atoms with Crippen LogP contribution in [-0.4, -0.2) is 45.4 Å². The van der Waals surface area contributed by atoms with Gasteiger partial charge in [-0.25, -0.2) is 0 Å². The molecule has 23 heavy (non-hydrogen) atoms. The molecule has 1 rings (SSSR count). The van der Waals surface area contributed by atoms with E-state index < -0.39 is 29.9 Å². The van der Waals surface area contributed by atoms with Crippen LogP contribution in [0.4, 0.5) is 0 Å². The number of aliphatic hydroxyl groups excluding tert-OH is 1. The fourth-order valence-corrected chi connectivity index (χ4v) is 1.31. The summed E-state index contributed by atoms with van der Waals surface area (Å²) < 4.78 is 0. The van der Waals surface area contributed by atoms with Crippen molar-refractivity contribution < 1.29 is 30.1 Å². The second kappa shape index (κ2) is 14.4. The van der Waals surface area contributed by atoms with Gasteiger partial charge in [0.05, 0.1) is 19.2 Å². The summed E-state index contributed by atoms with van der Waals surface area (Å²) in [5, 5.41) is 39.3. The van der Waals surface area contributed by atoms with Gasteiger partial charge < -0.3 is 31.5 Å². The molecule has 0 aliphatic heterocycles. The molecule has 0 aliphatic rings. The van der Waals surface area contributed by atoms with E-state index in [0.29, 0.717) is 5.56 Å². The van der Waals surface area contributed by atoms with E-state index in [1.807, 2.05) is 0 Å². The number of rotatable bonds is 6. The zero-order valence-corrected chi connectivity index (χ0v) is 20.3. The zero-order chi connectivity index (χ0) is 17.3. The van der Waals surface area contributed by atoms with E-state index in [9.17, 15) is 15.0 Å². The van der Waals surface area contributed by atoms with E-state index in [1.54, 1.807) is 0 Å². The van der Waals surface area contributed by atoms with Crippen molar-refractivity contribution in [3.05, 3.63) is 17.7 Å². The standard InChI is InChI=1S/C11H16N2O5.ClH.3HI.V/c12-7(5-14)9(16)4-13-3-6-1-2-8(15)11(18)10(6)17;;;;;/h1-2,7,13-15,17-18H,3-5,12H2;4*1H;/q;;;;;+3/p-3. The maximum absolute atomic E-state index is 11.3. The minimum absolute atomic E-state index is 0. The zero-order valence-electron chi connectivity index (χ0n) is 11.6. The number of aliphatic hydroxyl groups is 1. The molecule has 0 radical (unpaired) electrons. The van der Waals surface area contributed by atoms with Crippen molar-refractivity contribution in [2.24, 2.45) is 5.73 Å². The minimum atomic E-state index is -0.931. The molecule has 1 unspecified atom stereocenters. The summed E-state index contributed by atoms with van der Waals surface area (Å²) in [6.07, 6.45) is 0. The van der Waals surface area contributed by atoms with Crippen molar-refractivity contribution in [1.29, 1.82) is 0 Å². The van der Waals surface area contributed by atoms with Crippen LogP contribution in [0.1, 0.15) is 5.56 Å². The molecule has 12 heteroatoms. The van der Waals surface area contributed by atoms with Gasteiger partial charge in [-0.1, -0.05) is 6.07 Å². The monoisotopic (exact) mass is 724 g/mol. The summed E-state index contributed by atoms with van der Waals surface area (Å²) in [7, 11) is 0. The predicted molar refractivity (Wildman–Crippen MR) is 113 cm³/mol. The molecule has 0 aromatic heterocycles. The number of phenols is 3. The van der Waals surface area contributed by atoms with Crippen molar-refractivity contribution in [1.82, 2.24) is 5.32 Å². The van der Waals surface area contributed by atoms with Gasteiger partial charge in [0.2, 0.25) is 5.75 Å². The summed E-state index contributed by atoms with van der Waals surface area (Å²) in [5.74, 6) is -1.83. The molecule has 0 amide bonds. The van der Waals surface area contributed by atoms with Crippen LogP contribution in [0.3, 0.4) is 0 Å². The van der Waals surface area contributed by atoms with Gasteiger partial charge >= 0.3 is 64.9 Å². The van der Waals surface area contributed by atoms with E-state index in [4.69, 9.17) is 15.9 Å². The first-order valence-electron chi connectivity index (χ1n) is 5.80. The second-order valence-corrected chi connectivity index (χ2v) is 39.4. The number of nitrogens with two attached hydrogens (primary N) is 1. The average Bonchev–Trinajstić information content (AvgIpc) is 2.45. The van der Waals surface area contributed by atoms with Gasteiger partial charge in [0.15, 0.2) is 17.3 Å². The van der Waals surface area contributed by atoms with E-state index in [2.05, 4.69) is 65.3 Å². The Morgan fingerprint density at radius 3 is 2.22 bits per heavy atom. The number of benzene rings is 1. The fraction of sp³-hybridized carbons (Fsp3) is 0.364. The summed E-state index contributed by atoms with van der Waals surface area (Å²) >= 11 is 7.39. The Kier molecular flexibility index (Phi) is 16.6. The number of halogens is 4. The van der Waals surface area contributed by atoms with E-state index >= 15 is 0 Å². The summed E-state index contributed by atoms with van der Waals surface area (Å²) in [6, 6.07) is 1.71. The third-order valence-corrected chi connectivity index (χ3v) is 2.44. The Morgan fingerprint density at radius 1 is 1.22 bits per heavy atom. The number of Topliss-reactive ketones (excluding diaryl/α,β-unsaturated/α-hetero) is 1. The molecule has 0 saturated carbocycles. The van der Waals surface area contributed by atoms with Gasteiger partial charge in [-0.05, 0) is 6.07 Å². The van der Waals surface area contributed by atoms with Gasteiger partial charge in [0.25, 0.3) is 0 Å². The average molecular weight is 724 g/mol. The van der Waals surface area contributed by atoms with Crippen LogP contribution >= 0.6 is 72.3 Å². The van der Waals surface area contributed by atoms with Crippen LogP contribution in [0.5, 0.6) is 17.2 Å². The van der Waals surface area contributed by atoms with Gasteiger partial charge in [0.1, 0.15) is 0 Å². The predicted octanol–water partition coefficient (Wildman–Crippen LogP) is 1.86. The first-order valence-corrected chi connectivity index (χ1v) is 19.3. The van der Waals surface area contributed by atoms with Crippen molar-refractivity contribution in [3.63, 3.8) is 0 Å². The quantitative estimate of drug-likeness (QED) is 0.195. The molecule has 0 fully saturated rings. The van der Waals surface area contributed by atoms with Crippen molar-refractivity contribution in [2.75, 3.05) is 13.2 Å². The molecule has 0 bridgehead atoms. The van der Waals surface area contributed by atoms with Crippen LogP contribution in [0.2, 0.25) is 0 Å². The van der Waals surface area contributed by atoms with Gasteiger partial charge in [-0.2, -0.15) is 0 Å². The number of aromatic hydroxyl groups is 3. The number of nitrogens with one attached hydrogen (secondary N) is 1. The Morgan fingerprint density at radius 2 is 1.74 bits per heavy atom. The third-order valence-electron chi connectivity index (χ3n) is 2.44. The van der Waals surface area contributed by atoms with Crippen molar-refractivity contribution in [3.8, 4) is 17.2 Å². The molecular weight excluding hydrogens is 707 g/mol. The number of phenolic OH excluding ortho intramolecular Hbond substituents is 3. The van der Waals surface area contributed by atoms with Gasteiger partial charge in [-0.3, -0.25) is 4.79 Å². The third kappa shape index (κ3) is 11.5. The molecule has 0 aliphatic carbocycles. The summed E-state index contributed by atoms with van der Waals surface area (Å²) in [4.78, 5) is 11.0. The normalized spacial score (nSPS) is 11.2. The molecule has 0 heterocycles. The van der Waals surface area contributed by atoms with E-state index in [-0.39, 0.29) is 36.2 Å². The molecule has 0 spiro atoms. The number of ketones is 1. The molecule has 0 saturated heterocycles. The van der Waals surface area contributed by atoms with Crippen LogP contribution in [0, 0.1) is 0 Å². The fourth-order valence-electron chi connectivity index (χ4n) is 1.31. The van der Waals surface area contributed by atoms with Gasteiger partial charge in [0, 0.05) is 12.1 Å². The SMILES string of the molecule is Cl.NC(CO)C(=O)CNCc1ccc(O)c(O)c1O.[I][V]([I])[I]. The number of carbonyl (C=O) groups excluding carboxylic acids is 1. The summed E-state index contributed by atoms with van der Waals surface area (Å²) in [6.45, 7) is -0.377. The molecule has 1 aromatic rings. The van der Waals surface area contributed by atoms with Crippen LogP contribution in [-0.2, 0) is 16.3 Å². The molecule has 1 aromatic carbocycles. The van der Waals surface area contributed by atoms with Crippen LogP contribution < -0.4 is 11.1 Å². The first kappa shape index (κ1) is 26.5. The first-order chi connectivity index (χ1) is 10.2. The Labute approximate surface area is 177 Å². The number of hydrogen-bond acceptors (Lipinski definition) is 7. The van der Waals surface area contributed by atoms with Gasteiger partial charge in [-0.15, -0.1) is 12.4 Å². The van der Waals surface area contributed by atoms with Crippen LogP contribution in [0.25, 0.3) is 0 Å². The molecule has 1 atom stereocenters. The van der Waals surface area contributed by atoms with Crippen LogP contribution in [0.15, 0.2) is 12.1 Å². The molecule has 134 valence electrons. The van der Waals surface area contributed by atoms with E-state index in [1.165, 1.54) is 12.1 Å². The molecular formula is C11H17ClI3N2O5V. The Bertz CT molecular complexity index is 496. The topological polar surface area (TPSA) is 136 Å². The van der Waals surface area contributed by atoms with E-state index in [0.717, 1.165) is 0 Å². The number of carbonyl (C=O) groups is 1. The summed E-state index contributed by atoms with van der Waals surface area (Å²) in [5.41, 5.74) is 5.64.